The van der Waals surface area contributed by atoms with E-state index in [0.29, 0.717) is 0 Å². The average molecular weight is 730 g/mol. The van der Waals surface area contributed by atoms with Gasteiger partial charge in [-0.25, -0.2) is 0 Å². The van der Waals surface area contributed by atoms with Gasteiger partial charge in [-0.1, -0.05) is 159 Å². The van der Waals surface area contributed by atoms with Gasteiger partial charge in [0, 0.05) is 33.1 Å². The number of fused-ring (bicyclic) bond motifs is 7. The molecule has 10 aromatic rings. The number of anilines is 3. The largest absolute Gasteiger partial charge is 0.456 e. The van der Waals surface area contributed by atoms with Crippen molar-refractivity contribution in [2.24, 2.45) is 0 Å². The second-order valence-corrected chi connectivity index (χ2v) is 15.8. The molecule has 0 bridgehead atoms. The van der Waals surface area contributed by atoms with Crippen LogP contribution in [-0.4, -0.2) is 0 Å². The minimum absolute atomic E-state index is 0.136. The molecule has 1 aliphatic carbocycles. The van der Waals surface area contributed by atoms with Crippen LogP contribution in [0.1, 0.15) is 25.0 Å². The van der Waals surface area contributed by atoms with Crippen molar-refractivity contribution in [3.05, 3.63) is 211 Å². The third-order valence-corrected chi connectivity index (χ3v) is 12.1. The van der Waals surface area contributed by atoms with E-state index in [0.717, 1.165) is 50.1 Å². The van der Waals surface area contributed by atoms with Crippen LogP contribution >= 0.6 is 0 Å². The highest BCUT2D eigenvalue weighted by molar-refractivity contribution is 6.06. The van der Waals surface area contributed by atoms with Gasteiger partial charge in [-0.05, 0) is 115 Å². The van der Waals surface area contributed by atoms with Crippen LogP contribution in [0, 0.1) is 0 Å². The molecule has 0 aliphatic heterocycles. The summed E-state index contributed by atoms with van der Waals surface area (Å²) >= 11 is 0. The van der Waals surface area contributed by atoms with Crippen LogP contribution in [0.2, 0.25) is 0 Å². The van der Waals surface area contributed by atoms with Crippen molar-refractivity contribution < 1.29 is 4.42 Å². The SMILES string of the molecule is CC1(C)c2ccccc2-c2ccc(N(c3ccc(-c4ccc5oc6ccccc6c5c4)cc3)c3cc(-c4ccc5ccccc5c4)ccc3-c3ccccc3)cc21. The first-order valence-corrected chi connectivity index (χ1v) is 19.7. The lowest BCUT2D eigenvalue weighted by atomic mass is 9.82. The third kappa shape index (κ3) is 5.48. The van der Waals surface area contributed by atoms with Crippen molar-refractivity contribution in [1.29, 1.82) is 0 Å². The number of hydrogen-bond donors (Lipinski definition) is 0. The van der Waals surface area contributed by atoms with E-state index in [1.165, 1.54) is 55.3 Å². The first-order valence-electron chi connectivity index (χ1n) is 19.7. The number of para-hydroxylation sites is 1. The molecule has 11 rings (SSSR count). The molecule has 0 saturated heterocycles. The van der Waals surface area contributed by atoms with Crippen LogP contribution < -0.4 is 4.90 Å². The zero-order chi connectivity index (χ0) is 38.1. The van der Waals surface area contributed by atoms with Crippen molar-refractivity contribution in [3.8, 4) is 44.5 Å². The number of rotatable bonds is 6. The Morgan fingerprint density at radius 2 is 0.982 bits per heavy atom. The maximum Gasteiger partial charge on any atom is 0.135 e. The summed E-state index contributed by atoms with van der Waals surface area (Å²) in [6.45, 7) is 4.72. The Bertz CT molecular complexity index is 3150. The van der Waals surface area contributed by atoms with E-state index >= 15 is 0 Å². The number of nitrogens with zero attached hydrogens (tertiary/aromatic N) is 1. The van der Waals surface area contributed by atoms with Crippen LogP contribution in [0.15, 0.2) is 205 Å². The van der Waals surface area contributed by atoms with Crippen molar-refractivity contribution >= 4 is 49.8 Å². The second-order valence-electron chi connectivity index (χ2n) is 15.8. The Morgan fingerprint density at radius 3 is 1.86 bits per heavy atom. The van der Waals surface area contributed by atoms with Crippen molar-refractivity contribution in [2.45, 2.75) is 19.3 Å². The van der Waals surface area contributed by atoms with E-state index in [9.17, 15) is 0 Å². The summed E-state index contributed by atoms with van der Waals surface area (Å²) in [7, 11) is 0. The molecule has 0 fully saturated rings. The van der Waals surface area contributed by atoms with Crippen molar-refractivity contribution in [1.82, 2.24) is 0 Å². The molecule has 0 radical (unpaired) electrons. The van der Waals surface area contributed by atoms with Gasteiger partial charge in [-0.2, -0.15) is 0 Å². The standard InChI is InChI=1S/C55H39NO/c1-55(2)50-18-10-8-16-46(50)47-30-28-44(35-51(47)55)56(43-26-22-37(23-27-43)41-25-31-54-49(33-41)48-17-9-11-19-53(48)57-54)52-34-42(24-29-45(52)38-13-4-3-5-14-38)40-21-20-36-12-6-7-15-39(36)32-40/h3-35H,1-2H3. The predicted molar refractivity (Wildman–Crippen MR) is 240 cm³/mol. The van der Waals surface area contributed by atoms with E-state index in [4.69, 9.17) is 4.42 Å². The fourth-order valence-electron chi connectivity index (χ4n) is 9.09. The summed E-state index contributed by atoms with van der Waals surface area (Å²) in [6, 6.07) is 72.9. The van der Waals surface area contributed by atoms with E-state index in [1.807, 2.05) is 12.1 Å². The Kier molecular flexibility index (Phi) is 7.55. The summed E-state index contributed by atoms with van der Waals surface area (Å²) in [5.41, 5.74) is 17.4. The molecule has 1 aliphatic rings. The van der Waals surface area contributed by atoms with Crippen LogP contribution in [0.3, 0.4) is 0 Å². The number of hydrogen-bond acceptors (Lipinski definition) is 2. The molecule has 270 valence electrons. The van der Waals surface area contributed by atoms with Gasteiger partial charge in [0.15, 0.2) is 0 Å². The molecule has 2 nitrogen and oxygen atoms in total. The fraction of sp³-hybridized carbons (Fsp3) is 0.0545. The molecule has 2 heteroatoms. The van der Waals surface area contributed by atoms with Gasteiger partial charge in [-0.15, -0.1) is 0 Å². The van der Waals surface area contributed by atoms with Crippen LogP contribution in [0.25, 0.3) is 77.2 Å². The summed E-state index contributed by atoms with van der Waals surface area (Å²) < 4.78 is 6.16. The predicted octanol–water partition coefficient (Wildman–Crippen LogP) is 15.5. The maximum absolute atomic E-state index is 6.16. The lowest BCUT2D eigenvalue weighted by molar-refractivity contribution is 0.660. The molecule has 0 saturated carbocycles. The smallest absolute Gasteiger partial charge is 0.135 e. The minimum Gasteiger partial charge on any atom is -0.456 e. The summed E-state index contributed by atoms with van der Waals surface area (Å²) in [4.78, 5) is 2.46. The average Bonchev–Trinajstić information content (AvgIpc) is 3.75. The zero-order valence-electron chi connectivity index (χ0n) is 31.9. The van der Waals surface area contributed by atoms with Gasteiger partial charge in [0.25, 0.3) is 0 Å². The molecule has 0 N–H and O–H groups in total. The van der Waals surface area contributed by atoms with E-state index < -0.39 is 0 Å². The van der Waals surface area contributed by atoms with Gasteiger partial charge < -0.3 is 9.32 Å². The molecular formula is C55H39NO. The van der Waals surface area contributed by atoms with E-state index in [1.54, 1.807) is 0 Å². The maximum atomic E-state index is 6.16. The van der Waals surface area contributed by atoms with E-state index in [2.05, 4.69) is 207 Å². The topological polar surface area (TPSA) is 16.4 Å². The van der Waals surface area contributed by atoms with E-state index in [-0.39, 0.29) is 5.41 Å². The Balaban J connectivity index is 1.11. The first kappa shape index (κ1) is 33.2. The Morgan fingerprint density at radius 1 is 0.368 bits per heavy atom. The zero-order valence-corrected chi connectivity index (χ0v) is 31.9. The Labute approximate surface area is 332 Å². The van der Waals surface area contributed by atoms with Crippen molar-refractivity contribution in [2.75, 3.05) is 4.90 Å². The second kappa shape index (κ2) is 13.0. The third-order valence-electron chi connectivity index (χ3n) is 12.1. The van der Waals surface area contributed by atoms with Crippen molar-refractivity contribution in [3.63, 3.8) is 0 Å². The molecule has 0 unspecified atom stereocenters. The fourth-order valence-corrected chi connectivity index (χ4v) is 9.09. The lowest BCUT2D eigenvalue weighted by Gasteiger charge is -2.30. The summed E-state index contributed by atoms with van der Waals surface area (Å²) in [6.07, 6.45) is 0. The van der Waals surface area contributed by atoms with Gasteiger partial charge in [-0.3, -0.25) is 0 Å². The number of benzene rings is 9. The van der Waals surface area contributed by atoms with Gasteiger partial charge >= 0.3 is 0 Å². The molecule has 1 heterocycles. The Hall–Kier alpha value is -7.16. The minimum atomic E-state index is -0.136. The first-order chi connectivity index (χ1) is 28.0. The highest BCUT2D eigenvalue weighted by Crippen LogP contribution is 2.51. The molecule has 0 amide bonds. The lowest BCUT2D eigenvalue weighted by Crippen LogP contribution is -2.17. The monoisotopic (exact) mass is 729 g/mol. The van der Waals surface area contributed by atoms with Crippen LogP contribution in [0.5, 0.6) is 0 Å². The quantitative estimate of drug-likeness (QED) is 0.169. The highest BCUT2D eigenvalue weighted by atomic mass is 16.3. The molecular weight excluding hydrogens is 691 g/mol. The molecule has 1 aromatic heterocycles. The summed E-state index contributed by atoms with van der Waals surface area (Å²) in [5.74, 6) is 0. The van der Waals surface area contributed by atoms with Gasteiger partial charge in [0.2, 0.25) is 0 Å². The van der Waals surface area contributed by atoms with Gasteiger partial charge in [0.1, 0.15) is 11.2 Å². The molecule has 0 atom stereocenters. The molecule has 57 heavy (non-hydrogen) atoms. The van der Waals surface area contributed by atoms with Crippen LogP contribution in [-0.2, 0) is 5.41 Å². The molecule has 0 spiro atoms. The molecule has 9 aromatic carbocycles. The highest BCUT2D eigenvalue weighted by Gasteiger charge is 2.36. The van der Waals surface area contributed by atoms with Gasteiger partial charge in [0.05, 0.1) is 5.69 Å². The normalized spacial score (nSPS) is 12.9. The van der Waals surface area contributed by atoms with Crippen LogP contribution in [0.4, 0.5) is 17.1 Å². The summed E-state index contributed by atoms with van der Waals surface area (Å²) in [5, 5.41) is 4.75. The number of furan rings is 1.